The molecule has 0 saturated carbocycles. The van der Waals surface area contributed by atoms with E-state index >= 15 is 0 Å². The third-order valence-electron chi connectivity index (χ3n) is 1.45. The van der Waals surface area contributed by atoms with Crippen LogP contribution in [0.2, 0.25) is 5.02 Å². The van der Waals surface area contributed by atoms with E-state index in [2.05, 4.69) is 0 Å². The number of rotatable bonds is 2. The van der Waals surface area contributed by atoms with Gasteiger partial charge in [0, 0.05) is 22.8 Å². The molecule has 0 fully saturated rings. The molecule has 0 saturated heterocycles. The minimum atomic E-state index is -4.40. The van der Waals surface area contributed by atoms with Crippen LogP contribution >= 0.6 is 22.3 Å². The Morgan fingerprint density at radius 1 is 1.40 bits per heavy atom. The molecule has 0 unspecified atom stereocenters. The quantitative estimate of drug-likeness (QED) is 0.471. The summed E-state index contributed by atoms with van der Waals surface area (Å²) in [6.45, 7) is 0. The molecule has 0 spiro atoms. The van der Waals surface area contributed by atoms with Crippen molar-refractivity contribution in [2.75, 3.05) is 0 Å². The lowest BCUT2D eigenvalue weighted by Gasteiger charge is -2.00. The lowest BCUT2D eigenvalue weighted by atomic mass is 10.3. The Morgan fingerprint density at radius 2 is 1.93 bits per heavy atom. The van der Waals surface area contributed by atoms with Crippen molar-refractivity contribution in [3.05, 3.63) is 33.1 Å². The van der Waals surface area contributed by atoms with E-state index in [4.69, 9.17) is 22.3 Å². The molecule has 0 atom stereocenters. The molecule has 0 aliphatic heterocycles. The summed E-state index contributed by atoms with van der Waals surface area (Å²) < 4.78 is 34.8. The van der Waals surface area contributed by atoms with Crippen LogP contribution in [-0.4, -0.2) is 13.3 Å². The average Bonchev–Trinajstić information content (AvgIpc) is 2.06. The molecule has 82 valence electrons. The zero-order chi connectivity index (χ0) is 11.8. The van der Waals surface area contributed by atoms with Crippen LogP contribution < -0.4 is 0 Å². The van der Waals surface area contributed by atoms with E-state index in [0.29, 0.717) is 12.1 Å². The van der Waals surface area contributed by atoms with Gasteiger partial charge in [0.05, 0.1) is 9.95 Å². The van der Waals surface area contributed by atoms with Gasteiger partial charge in [-0.15, -0.1) is 0 Å². The fraction of sp³-hybridized carbons (Fsp3) is 0. The zero-order valence-electron chi connectivity index (χ0n) is 6.78. The molecule has 0 aliphatic carbocycles. The molecule has 5 nitrogen and oxygen atoms in total. The molecule has 0 aliphatic rings. The highest BCUT2D eigenvalue weighted by atomic mass is 35.7. The molecule has 1 aromatic carbocycles. The first-order chi connectivity index (χ1) is 6.73. The maximum absolute atomic E-state index is 13.1. The number of hydrogen-bond acceptors (Lipinski definition) is 4. The maximum Gasteiger partial charge on any atom is 0.272 e. The number of nitrogens with zero attached hydrogens (tertiary/aromatic N) is 1. The highest BCUT2D eigenvalue weighted by molar-refractivity contribution is 8.13. The first-order valence-electron chi connectivity index (χ1n) is 3.31. The highest BCUT2D eigenvalue weighted by Gasteiger charge is 2.23. The van der Waals surface area contributed by atoms with Crippen molar-refractivity contribution in [1.82, 2.24) is 0 Å². The fourth-order valence-electron chi connectivity index (χ4n) is 0.833. The molecule has 0 aromatic heterocycles. The van der Waals surface area contributed by atoms with Crippen LogP contribution in [0.4, 0.5) is 10.1 Å². The van der Waals surface area contributed by atoms with Crippen LogP contribution in [0.15, 0.2) is 17.0 Å². The Balaban J connectivity index is 3.59. The molecule has 0 amide bonds. The van der Waals surface area contributed by atoms with E-state index in [1.165, 1.54) is 0 Å². The van der Waals surface area contributed by atoms with Crippen LogP contribution in [0.5, 0.6) is 0 Å². The minimum Gasteiger partial charge on any atom is -0.258 e. The second-order valence-corrected chi connectivity index (χ2v) is 5.38. The molecule has 1 aromatic rings. The standard InChI is InChI=1S/C6H2Cl2FNO4S/c7-4-1-3(10(11)12)2-5(6(4)9)15(8,13)14/h1-2H. The topological polar surface area (TPSA) is 77.3 Å². The van der Waals surface area contributed by atoms with E-state index in [-0.39, 0.29) is 0 Å². The lowest BCUT2D eigenvalue weighted by molar-refractivity contribution is -0.385. The summed E-state index contributed by atoms with van der Waals surface area (Å²) in [5, 5.41) is 9.65. The van der Waals surface area contributed by atoms with Gasteiger partial charge in [0.1, 0.15) is 4.90 Å². The number of hydrogen-bond donors (Lipinski definition) is 0. The summed E-state index contributed by atoms with van der Waals surface area (Å²) in [5.74, 6) is -1.31. The van der Waals surface area contributed by atoms with Crippen LogP contribution in [-0.2, 0) is 9.05 Å². The van der Waals surface area contributed by atoms with Gasteiger partial charge in [-0.05, 0) is 0 Å². The largest absolute Gasteiger partial charge is 0.272 e. The number of non-ortho nitro benzene ring substituents is 1. The van der Waals surface area contributed by atoms with Crippen LogP contribution in [0.25, 0.3) is 0 Å². The minimum absolute atomic E-state index is 0.504. The lowest BCUT2D eigenvalue weighted by Crippen LogP contribution is -1.99. The van der Waals surface area contributed by atoms with Crippen molar-refractivity contribution in [3.63, 3.8) is 0 Å². The molecular weight excluding hydrogens is 272 g/mol. The number of nitro benzene ring substituents is 1. The molecule has 0 heterocycles. The monoisotopic (exact) mass is 273 g/mol. The van der Waals surface area contributed by atoms with Crippen LogP contribution in [0.3, 0.4) is 0 Å². The number of halogens is 3. The zero-order valence-corrected chi connectivity index (χ0v) is 9.11. The Hall–Kier alpha value is -0.920. The summed E-state index contributed by atoms with van der Waals surface area (Å²) in [6, 6.07) is 1.20. The predicted octanol–water partition coefficient (Wildman–Crippen LogP) is 2.31. The summed E-state index contributed by atoms with van der Waals surface area (Å²) in [4.78, 5) is 8.41. The van der Waals surface area contributed by atoms with Crippen molar-refractivity contribution in [2.45, 2.75) is 4.90 Å². The SMILES string of the molecule is O=[N+]([O-])c1cc(Cl)c(F)c(S(=O)(=O)Cl)c1. The van der Waals surface area contributed by atoms with Crippen LogP contribution in [0, 0.1) is 15.9 Å². The van der Waals surface area contributed by atoms with Gasteiger partial charge in [-0.2, -0.15) is 0 Å². The molecule has 9 heteroatoms. The smallest absolute Gasteiger partial charge is 0.258 e. The van der Waals surface area contributed by atoms with Crippen molar-refractivity contribution in [2.24, 2.45) is 0 Å². The Bertz CT molecular complexity index is 530. The summed E-state index contributed by atoms with van der Waals surface area (Å²) >= 11 is 5.27. The molecule has 0 bridgehead atoms. The van der Waals surface area contributed by atoms with Gasteiger partial charge >= 0.3 is 0 Å². The van der Waals surface area contributed by atoms with Crippen LogP contribution in [0.1, 0.15) is 0 Å². The second-order valence-electron chi connectivity index (χ2n) is 2.43. The maximum atomic E-state index is 13.1. The van der Waals surface area contributed by atoms with E-state index in [0.717, 1.165) is 0 Å². The van der Waals surface area contributed by atoms with Gasteiger partial charge in [-0.25, -0.2) is 12.8 Å². The van der Waals surface area contributed by atoms with Gasteiger partial charge < -0.3 is 0 Å². The van der Waals surface area contributed by atoms with Gasteiger partial charge in [0.15, 0.2) is 5.82 Å². The molecule has 0 N–H and O–H groups in total. The normalized spacial score (nSPS) is 11.4. The van der Waals surface area contributed by atoms with E-state index in [9.17, 15) is 22.9 Å². The summed E-state index contributed by atoms with van der Waals surface area (Å²) in [5.41, 5.74) is -0.652. The third-order valence-corrected chi connectivity index (χ3v) is 3.05. The van der Waals surface area contributed by atoms with E-state index in [1.54, 1.807) is 0 Å². The van der Waals surface area contributed by atoms with E-state index in [1.807, 2.05) is 0 Å². The van der Waals surface area contributed by atoms with Crippen molar-refractivity contribution in [1.29, 1.82) is 0 Å². The molecule has 15 heavy (non-hydrogen) atoms. The Kier molecular flexibility index (Phi) is 3.17. The molecule has 1 rings (SSSR count). The summed E-state index contributed by atoms with van der Waals surface area (Å²) in [7, 11) is 0.460. The summed E-state index contributed by atoms with van der Waals surface area (Å²) in [6.07, 6.45) is 0. The first-order valence-corrected chi connectivity index (χ1v) is 6.00. The number of nitro groups is 1. The highest BCUT2D eigenvalue weighted by Crippen LogP contribution is 2.29. The van der Waals surface area contributed by atoms with E-state index < -0.39 is 35.4 Å². The number of benzene rings is 1. The van der Waals surface area contributed by atoms with Gasteiger partial charge in [-0.3, -0.25) is 10.1 Å². The van der Waals surface area contributed by atoms with Crippen molar-refractivity contribution < 1.29 is 17.7 Å². The molecular formula is C6H2Cl2FNO4S. The second kappa shape index (κ2) is 3.92. The van der Waals surface area contributed by atoms with Gasteiger partial charge in [0.25, 0.3) is 14.7 Å². The first kappa shape index (κ1) is 12.2. The van der Waals surface area contributed by atoms with Crippen molar-refractivity contribution in [3.8, 4) is 0 Å². The predicted molar refractivity (Wildman–Crippen MR) is 51.1 cm³/mol. The molecule has 0 radical (unpaired) electrons. The third kappa shape index (κ3) is 2.55. The van der Waals surface area contributed by atoms with Crippen molar-refractivity contribution >= 4 is 37.0 Å². The average molecular weight is 274 g/mol. The fourth-order valence-corrected chi connectivity index (χ4v) is 2.03. The van der Waals surface area contributed by atoms with Gasteiger partial charge in [0.2, 0.25) is 0 Å². The van der Waals surface area contributed by atoms with Gasteiger partial charge in [-0.1, -0.05) is 11.6 Å². The Labute approximate surface area is 93.0 Å². The Morgan fingerprint density at radius 3 is 2.33 bits per heavy atom.